The van der Waals surface area contributed by atoms with Gasteiger partial charge in [0, 0.05) is 0 Å². The molecule has 1 N–H and O–H groups in total. The van der Waals surface area contributed by atoms with E-state index in [0.29, 0.717) is 0 Å². The van der Waals surface area contributed by atoms with Gasteiger partial charge in [0.05, 0.1) is 6.61 Å². The Kier molecular flexibility index (Phi) is 5.18. The van der Waals surface area contributed by atoms with Crippen molar-refractivity contribution in [2.24, 2.45) is 0 Å². The second-order valence-electron chi connectivity index (χ2n) is 6.60. The molecule has 0 bridgehead atoms. The third-order valence-electron chi connectivity index (χ3n) is 3.56. The van der Waals surface area contributed by atoms with Crippen LogP contribution in [0.25, 0.3) is 0 Å². The summed E-state index contributed by atoms with van der Waals surface area (Å²) in [6.07, 6.45) is -2.41. The zero-order chi connectivity index (χ0) is 19.3. The van der Waals surface area contributed by atoms with E-state index in [4.69, 9.17) is 23.5 Å². The maximum atomic E-state index is 13.2. The topological polar surface area (TPSA) is 118 Å². The number of alkyl halides is 2. The van der Waals surface area contributed by atoms with Crippen LogP contribution in [0, 0.1) is 0 Å². The van der Waals surface area contributed by atoms with E-state index in [1.54, 1.807) is 27.7 Å². The average Bonchev–Trinajstić information content (AvgIpc) is 2.93. The Morgan fingerprint density at radius 2 is 1.80 bits per heavy atom. The van der Waals surface area contributed by atoms with Crippen molar-refractivity contribution in [3.63, 3.8) is 0 Å². The van der Waals surface area contributed by atoms with Crippen LogP contribution in [-0.2, 0) is 38.6 Å². The molecule has 2 fully saturated rings. The fraction of sp³-hybridized carbons (Fsp3) is 0.923. The molecule has 3 unspecified atom stereocenters. The van der Waals surface area contributed by atoms with E-state index in [9.17, 15) is 22.0 Å². The van der Waals surface area contributed by atoms with E-state index in [-0.39, 0.29) is 6.61 Å². The van der Waals surface area contributed by atoms with Gasteiger partial charge in [0.1, 0.15) is 24.9 Å². The van der Waals surface area contributed by atoms with E-state index in [2.05, 4.69) is 4.74 Å². The van der Waals surface area contributed by atoms with Gasteiger partial charge >= 0.3 is 21.3 Å². The normalized spacial score (nSPS) is 31.9. The van der Waals surface area contributed by atoms with E-state index < -0.39 is 57.8 Å². The fourth-order valence-corrected chi connectivity index (χ4v) is 2.80. The molecular formula is C13H20F2O9S. The van der Waals surface area contributed by atoms with Crippen LogP contribution in [0.2, 0.25) is 0 Å². The number of esters is 1. The summed E-state index contributed by atoms with van der Waals surface area (Å²) in [5.41, 5.74) is 0. The van der Waals surface area contributed by atoms with Crippen LogP contribution in [0.4, 0.5) is 8.78 Å². The molecule has 25 heavy (non-hydrogen) atoms. The summed E-state index contributed by atoms with van der Waals surface area (Å²) in [5, 5.41) is -5.08. The Morgan fingerprint density at radius 1 is 1.20 bits per heavy atom. The first kappa shape index (κ1) is 20.4. The van der Waals surface area contributed by atoms with Crippen LogP contribution in [0.1, 0.15) is 27.7 Å². The molecule has 0 aromatic heterocycles. The minimum atomic E-state index is -5.94. The monoisotopic (exact) mass is 390 g/mol. The molecule has 2 rings (SSSR count). The van der Waals surface area contributed by atoms with Crippen molar-refractivity contribution >= 4 is 16.1 Å². The highest BCUT2D eigenvalue weighted by molar-refractivity contribution is 7.87. The Morgan fingerprint density at radius 3 is 2.28 bits per heavy atom. The molecule has 0 aliphatic carbocycles. The molecule has 0 spiro atoms. The second kappa shape index (κ2) is 6.35. The first-order chi connectivity index (χ1) is 11.1. The largest absolute Gasteiger partial charge is 0.465 e. The Balaban J connectivity index is 2.05. The van der Waals surface area contributed by atoms with Crippen molar-refractivity contribution in [3.05, 3.63) is 0 Å². The van der Waals surface area contributed by atoms with Gasteiger partial charge in [0.25, 0.3) is 0 Å². The molecule has 2 aliphatic heterocycles. The third kappa shape index (κ3) is 4.44. The standard InChI is InChI=1S/C13H20F2O9S/c1-11(2)21-6-8(22-11)9-7(23-12(3,4)24-9)5-20-10(16)13(14,15)25(17,18)19/h7-9H,5-6H2,1-4H3,(H,17,18,19). The number of ether oxygens (including phenoxy) is 5. The average molecular weight is 390 g/mol. The Labute approximate surface area is 143 Å². The number of rotatable bonds is 5. The van der Waals surface area contributed by atoms with Crippen molar-refractivity contribution < 1.29 is 50.2 Å². The van der Waals surface area contributed by atoms with Crippen LogP contribution >= 0.6 is 0 Å². The predicted octanol–water partition coefficient (Wildman–Crippen LogP) is 0.682. The Hall–Kier alpha value is -0.920. The van der Waals surface area contributed by atoms with Crippen LogP contribution in [0.15, 0.2) is 0 Å². The molecule has 2 aliphatic rings. The van der Waals surface area contributed by atoms with Gasteiger partial charge in [-0.1, -0.05) is 0 Å². The van der Waals surface area contributed by atoms with Gasteiger partial charge in [0.15, 0.2) is 11.6 Å². The lowest BCUT2D eigenvalue weighted by Gasteiger charge is -2.24. The molecule has 2 saturated heterocycles. The summed E-state index contributed by atoms with van der Waals surface area (Å²) in [6.45, 7) is 5.90. The van der Waals surface area contributed by atoms with Crippen molar-refractivity contribution in [2.75, 3.05) is 13.2 Å². The van der Waals surface area contributed by atoms with Gasteiger partial charge in [-0.05, 0) is 27.7 Å². The zero-order valence-electron chi connectivity index (χ0n) is 14.0. The summed E-state index contributed by atoms with van der Waals surface area (Å²) in [6, 6.07) is 0. The van der Waals surface area contributed by atoms with Crippen LogP contribution in [0.5, 0.6) is 0 Å². The second-order valence-corrected chi connectivity index (χ2v) is 8.06. The summed E-state index contributed by atoms with van der Waals surface area (Å²) in [5.74, 6) is -4.39. The molecular weight excluding hydrogens is 370 g/mol. The molecule has 146 valence electrons. The van der Waals surface area contributed by atoms with Gasteiger partial charge in [0.2, 0.25) is 0 Å². The fourth-order valence-electron chi connectivity index (χ4n) is 2.53. The van der Waals surface area contributed by atoms with Gasteiger partial charge in [-0.25, -0.2) is 4.79 Å². The summed E-state index contributed by atoms with van der Waals surface area (Å²) in [7, 11) is -5.94. The predicted molar refractivity (Wildman–Crippen MR) is 76.2 cm³/mol. The molecule has 9 nitrogen and oxygen atoms in total. The van der Waals surface area contributed by atoms with E-state index in [0.717, 1.165) is 0 Å². The van der Waals surface area contributed by atoms with E-state index in [1.165, 1.54) is 0 Å². The summed E-state index contributed by atoms with van der Waals surface area (Å²) in [4.78, 5) is 11.3. The van der Waals surface area contributed by atoms with Gasteiger partial charge < -0.3 is 23.7 Å². The van der Waals surface area contributed by atoms with Gasteiger partial charge in [-0.3, -0.25) is 4.55 Å². The maximum Gasteiger partial charge on any atom is 0.465 e. The minimum Gasteiger partial charge on any atom is -0.457 e. The van der Waals surface area contributed by atoms with Gasteiger partial charge in [-0.2, -0.15) is 17.2 Å². The lowest BCUT2D eigenvalue weighted by atomic mass is 10.1. The smallest absolute Gasteiger partial charge is 0.457 e. The molecule has 12 heteroatoms. The van der Waals surface area contributed by atoms with E-state index in [1.807, 2.05) is 0 Å². The number of carbonyl (C=O) groups excluding carboxylic acids is 1. The number of hydrogen-bond donors (Lipinski definition) is 1. The summed E-state index contributed by atoms with van der Waals surface area (Å²) < 4.78 is 82.5. The van der Waals surface area contributed by atoms with Crippen LogP contribution < -0.4 is 0 Å². The number of carbonyl (C=O) groups is 1. The molecule has 3 atom stereocenters. The number of hydrogen-bond acceptors (Lipinski definition) is 8. The SMILES string of the molecule is CC1(C)OCC(C2OC(C)(C)OC2COC(=O)C(F)(F)S(=O)(=O)O)O1. The highest BCUT2D eigenvalue weighted by Crippen LogP contribution is 2.36. The van der Waals surface area contributed by atoms with Crippen molar-refractivity contribution in [1.82, 2.24) is 0 Å². The Bertz CT molecular complexity index is 631. The molecule has 0 amide bonds. The first-order valence-electron chi connectivity index (χ1n) is 7.34. The highest BCUT2D eigenvalue weighted by Gasteiger charge is 2.55. The van der Waals surface area contributed by atoms with E-state index >= 15 is 0 Å². The van der Waals surface area contributed by atoms with Crippen LogP contribution in [-0.4, -0.2) is 67.3 Å². The first-order valence-corrected chi connectivity index (χ1v) is 8.78. The van der Waals surface area contributed by atoms with Crippen molar-refractivity contribution in [2.45, 2.75) is 62.8 Å². The molecule has 0 radical (unpaired) electrons. The lowest BCUT2D eigenvalue weighted by molar-refractivity contribution is -0.176. The maximum absolute atomic E-state index is 13.2. The quantitative estimate of drug-likeness (QED) is 0.534. The third-order valence-corrected chi connectivity index (χ3v) is 4.37. The van der Waals surface area contributed by atoms with Gasteiger partial charge in [-0.15, -0.1) is 0 Å². The van der Waals surface area contributed by atoms with Crippen molar-refractivity contribution in [3.8, 4) is 0 Å². The minimum absolute atomic E-state index is 0.142. The zero-order valence-corrected chi connectivity index (χ0v) is 14.8. The molecule has 0 aromatic carbocycles. The summed E-state index contributed by atoms with van der Waals surface area (Å²) >= 11 is 0. The lowest BCUT2D eigenvalue weighted by Crippen LogP contribution is -2.43. The molecule has 0 aromatic rings. The van der Waals surface area contributed by atoms with Crippen LogP contribution in [0.3, 0.4) is 0 Å². The van der Waals surface area contributed by atoms with Crippen molar-refractivity contribution in [1.29, 1.82) is 0 Å². The molecule has 2 heterocycles. The number of halogens is 2. The molecule has 0 saturated carbocycles. The highest BCUT2D eigenvalue weighted by atomic mass is 32.2.